The third-order valence-corrected chi connectivity index (χ3v) is 1.31. The molecule has 0 bridgehead atoms. The summed E-state index contributed by atoms with van der Waals surface area (Å²) in [5.74, 6) is 0. The Kier molecular flexibility index (Phi) is 4.18. The number of nitrogens with two attached hydrogens (primary N) is 1. The highest BCUT2D eigenvalue weighted by molar-refractivity contribution is 7.80. The van der Waals surface area contributed by atoms with Crippen molar-refractivity contribution in [2.75, 3.05) is 13.1 Å². The van der Waals surface area contributed by atoms with Gasteiger partial charge in [-0.15, -0.1) is 0 Å². The molecule has 0 spiro atoms. The van der Waals surface area contributed by atoms with E-state index in [1.54, 1.807) is 6.92 Å². The molecule has 5 heteroatoms. The zero-order valence-corrected chi connectivity index (χ0v) is 6.50. The predicted molar refractivity (Wildman–Crippen MR) is 40.0 cm³/mol. The van der Waals surface area contributed by atoms with Gasteiger partial charge in [0.1, 0.15) is 0 Å². The molecule has 0 heterocycles. The van der Waals surface area contributed by atoms with Gasteiger partial charge in [-0.1, -0.05) is 0 Å². The highest BCUT2D eigenvalue weighted by atomic mass is 32.1. The van der Waals surface area contributed by atoms with E-state index in [0.717, 1.165) is 0 Å². The minimum Gasteiger partial charge on any atom is -0.376 e. The molecule has 0 aliphatic rings. The molecule has 0 radical (unpaired) electrons. The lowest BCUT2D eigenvalue weighted by atomic mass is 10.5. The summed E-state index contributed by atoms with van der Waals surface area (Å²) >= 11 is 4.50. The van der Waals surface area contributed by atoms with Crippen molar-refractivity contribution in [1.82, 2.24) is 4.90 Å². The second-order valence-corrected chi connectivity index (χ2v) is 2.19. The Hall–Kier alpha value is -0.450. The van der Waals surface area contributed by atoms with Crippen molar-refractivity contribution >= 4 is 17.3 Å². The highest BCUT2D eigenvalue weighted by Gasteiger charge is 2.09. The fraction of sp³-hybridized carbons (Fsp3) is 0.800. The van der Waals surface area contributed by atoms with E-state index in [-0.39, 0.29) is 11.7 Å². The van der Waals surface area contributed by atoms with E-state index in [4.69, 9.17) is 5.73 Å². The normalized spacial score (nSPS) is 10.0. The molecule has 0 atom stereocenters. The van der Waals surface area contributed by atoms with Gasteiger partial charge in [-0.05, 0) is 19.1 Å². The summed E-state index contributed by atoms with van der Waals surface area (Å²) in [5.41, 5.74) is 5.12. The third-order valence-electron chi connectivity index (χ3n) is 1.05. The van der Waals surface area contributed by atoms with E-state index in [2.05, 4.69) is 12.2 Å². The minimum absolute atomic E-state index is 0.0304. The van der Waals surface area contributed by atoms with Crippen molar-refractivity contribution in [3.05, 3.63) is 0 Å². The van der Waals surface area contributed by atoms with Crippen LogP contribution in [-0.2, 0) is 0 Å². The van der Waals surface area contributed by atoms with E-state index in [9.17, 15) is 8.78 Å². The molecule has 0 amide bonds. The van der Waals surface area contributed by atoms with Crippen LogP contribution in [0.3, 0.4) is 0 Å². The molecule has 2 nitrogen and oxygen atoms in total. The zero-order chi connectivity index (χ0) is 8.15. The fourth-order valence-electron chi connectivity index (χ4n) is 0.542. The maximum atomic E-state index is 11.7. The van der Waals surface area contributed by atoms with Crippen molar-refractivity contribution in [1.29, 1.82) is 0 Å². The van der Waals surface area contributed by atoms with Crippen LogP contribution in [0.2, 0.25) is 0 Å². The van der Waals surface area contributed by atoms with Crippen molar-refractivity contribution < 1.29 is 8.78 Å². The van der Waals surface area contributed by atoms with Crippen LogP contribution >= 0.6 is 12.2 Å². The van der Waals surface area contributed by atoms with E-state index in [1.807, 2.05) is 0 Å². The first-order valence-corrected chi connectivity index (χ1v) is 3.31. The average Bonchev–Trinajstić information content (AvgIpc) is 1.81. The number of thiocarbonyl (C=S) groups is 1. The summed E-state index contributed by atoms with van der Waals surface area (Å²) < 4.78 is 23.4. The molecule has 0 saturated heterocycles. The summed E-state index contributed by atoms with van der Waals surface area (Å²) in [6.07, 6.45) is -2.37. The first-order chi connectivity index (χ1) is 4.57. The summed E-state index contributed by atoms with van der Waals surface area (Å²) in [6, 6.07) is 0. The number of alkyl halides is 2. The zero-order valence-electron chi connectivity index (χ0n) is 5.68. The largest absolute Gasteiger partial charge is 0.376 e. The van der Waals surface area contributed by atoms with Crippen LogP contribution in [0.1, 0.15) is 6.92 Å². The molecule has 0 aromatic rings. The number of halogens is 2. The molecular weight excluding hydrogens is 158 g/mol. The van der Waals surface area contributed by atoms with Crippen LogP contribution in [0, 0.1) is 0 Å². The first-order valence-electron chi connectivity index (χ1n) is 2.90. The smallest absolute Gasteiger partial charge is 0.255 e. The lowest BCUT2D eigenvalue weighted by Crippen LogP contribution is -2.38. The standard InChI is InChI=1S/C5H10F2N2S/c1-2-9(5(8)10)3-4(6)7/h4H,2-3H2,1H3,(H2,8,10). The summed E-state index contributed by atoms with van der Waals surface area (Å²) in [6.45, 7) is 1.78. The van der Waals surface area contributed by atoms with E-state index < -0.39 is 6.43 Å². The van der Waals surface area contributed by atoms with Gasteiger partial charge in [-0.2, -0.15) is 0 Å². The van der Waals surface area contributed by atoms with E-state index in [0.29, 0.717) is 6.54 Å². The fourth-order valence-corrected chi connectivity index (χ4v) is 0.745. The molecule has 0 aliphatic carbocycles. The molecule has 0 aromatic heterocycles. The number of rotatable bonds is 3. The van der Waals surface area contributed by atoms with Crippen molar-refractivity contribution in [3.63, 3.8) is 0 Å². The van der Waals surface area contributed by atoms with Gasteiger partial charge in [0.05, 0.1) is 6.54 Å². The van der Waals surface area contributed by atoms with Crippen molar-refractivity contribution in [2.45, 2.75) is 13.3 Å². The second kappa shape index (κ2) is 4.38. The van der Waals surface area contributed by atoms with Crippen LogP contribution in [0.15, 0.2) is 0 Å². The second-order valence-electron chi connectivity index (χ2n) is 1.77. The van der Waals surface area contributed by atoms with E-state index >= 15 is 0 Å². The molecule has 10 heavy (non-hydrogen) atoms. The maximum Gasteiger partial charge on any atom is 0.255 e. The van der Waals surface area contributed by atoms with Crippen molar-refractivity contribution in [3.8, 4) is 0 Å². The van der Waals surface area contributed by atoms with Crippen LogP contribution in [0.4, 0.5) is 8.78 Å². The maximum absolute atomic E-state index is 11.7. The topological polar surface area (TPSA) is 29.3 Å². The Bertz CT molecular complexity index is 118. The van der Waals surface area contributed by atoms with Gasteiger partial charge in [0.2, 0.25) is 0 Å². The molecule has 2 N–H and O–H groups in total. The van der Waals surface area contributed by atoms with Crippen LogP contribution in [0.25, 0.3) is 0 Å². The molecule has 0 aliphatic heterocycles. The Morgan fingerprint density at radius 2 is 2.20 bits per heavy atom. The Morgan fingerprint density at radius 1 is 1.70 bits per heavy atom. The molecule has 0 fully saturated rings. The molecule has 0 unspecified atom stereocenters. The number of hydrogen-bond acceptors (Lipinski definition) is 1. The van der Waals surface area contributed by atoms with Gasteiger partial charge < -0.3 is 10.6 Å². The van der Waals surface area contributed by atoms with Gasteiger partial charge in [0.25, 0.3) is 6.43 Å². The van der Waals surface area contributed by atoms with Crippen LogP contribution in [-0.4, -0.2) is 29.5 Å². The SMILES string of the molecule is CCN(CC(F)F)C(N)=S. The molecule has 0 rings (SSSR count). The summed E-state index contributed by atoms with van der Waals surface area (Å²) in [4.78, 5) is 1.25. The van der Waals surface area contributed by atoms with Gasteiger partial charge in [0.15, 0.2) is 5.11 Å². The molecule has 60 valence electrons. The van der Waals surface area contributed by atoms with Gasteiger partial charge >= 0.3 is 0 Å². The number of nitrogens with zero attached hydrogens (tertiary/aromatic N) is 1. The number of hydrogen-bond donors (Lipinski definition) is 1. The lowest BCUT2D eigenvalue weighted by molar-refractivity contribution is 0.118. The first kappa shape index (κ1) is 9.55. The molecule has 0 saturated carbocycles. The minimum atomic E-state index is -2.37. The van der Waals surface area contributed by atoms with Crippen LogP contribution in [0.5, 0.6) is 0 Å². The van der Waals surface area contributed by atoms with Gasteiger partial charge in [-0.25, -0.2) is 8.78 Å². The van der Waals surface area contributed by atoms with E-state index in [1.165, 1.54) is 4.90 Å². The summed E-state index contributed by atoms with van der Waals surface area (Å²) in [5, 5.41) is 0.0304. The highest BCUT2D eigenvalue weighted by Crippen LogP contribution is 1.96. The van der Waals surface area contributed by atoms with Gasteiger partial charge in [-0.3, -0.25) is 0 Å². The van der Waals surface area contributed by atoms with Gasteiger partial charge in [0, 0.05) is 6.54 Å². The van der Waals surface area contributed by atoms with Crippen molar-refractivity contribution in [2.24, 2.45) is 5.73 Å². The monoisotopic (exact) mass is 168 g/mol. The van der Waals surface area contributed by atoms with Crippen LogP contribution < -0.4 is 5.73 Å². The Balaban J connectivity index is 3.72. The molecule has 0 aromatic carbocycles. The third kappa shape index (κ3) is 3.55. The summed E-state index contributed by atoms with van der Waals surface area (Å²) in [7, 11) is 0. The quantitative estimate of drug-likeness (QED) is 0.632. The predicted octanol–water partition coefficient (Wildman–Crippen LogP) is 0.817. The lowest BCUT2D eigenvalue weighted by Gasteiger charge is -2.19. The average molecular weight is 168 g/mol. The Labute approximate surface area is 64.0 Å². The Morgan fingerprint density at radius 3 is 2.30 bits per heavy atom. The molecular formula is C5H10F2N2S.